The van der Waals surface area contributed by atoms with Crippen molar-refractivity contribution < 1.29 is 14.3 Å². The summed E-state index contributed by atoms with van der Waals surface area (Å²) in [6.07, 6.45) is 0.673. The van der Waals surface area contributed by atoms with Gasteiger partial charge >= 0.3 is 4.87 Å². The highest BCUT2D eigenvalue weighted by Crippen LogP contribution is 2.31. The molecule has 2 heterocycles. The number of para-hydroxylation sites is 1. The van der Waals surface area contributed by atoms with Crippen LogP contribution in [0.25, 0.3) is 11.3 Å². The van der Waals surface area contributed by atoms with Crippen molar-refractivity contribution in [1.82, 2.24) is 4.57 Å². The normalized spacial score (nSPS) is 13.0. The fourth-order valence-corrected chi connectivity index (χ4v) is 4.01. The minimum absolute atomic E-state index is 0.0480. The molecule has 0 radical (unpaired) electrons. The van der Waals surface area contributed by atoms with Crippen LogP contribution in [0.3, 0.4) is 0 Å². The number of hydrogen-bond acceptors (Lipinski definition) is 4. The number of benzene rings is 2. The van der Waals surface area contributed by atoms with Crippen LogP contribution in [0.1, 0.15) is 17.4 Å². The second-order valence-electron chi connectivity index (χ2n) is 5.79. The van der Waals surface area contributed by atoms with E-state index in [-0.39, 0.29) is 21.5 Å². The third kappa shape index (κ3) is 2.40. The number of aromatic nitrogens is 1. The van der Waals surface area contributed by atoms with Crippen molar-refractivity contribution in [3.63, 3.8) is 0 Å². The average Bonchev–Trinajstić information content (AvgIpc) is 3.09. The molecule has 7 heteroatoms. The predicted octanol–water partition coefficient (Wildman–Crippen LogP) is 1.66. The summed E-state index contributed by atoms with van der Waals surface area (Å²) in [4.78, 5) is 28.4. The molecule has 1 aliphatic rings. The lowest BCUT2D eigenvalue weighted by atomic mass is 10.1. The van der Waals surface area contributed by atoms with Gasteiger partial charge in [0.25, 0.3) is 5.91 Å². The maximum Gasteiger partial charge on any atom is 0.315 e. The number of hydrogen-bond donors (Lipinski definition) is 1. The van der Waals surface area contributed by atoms with Gasteiger partial charge in [-0.3, -0.25) is 9.59 Å². The minimum atomic E-state index is -0.599. The molecular weight excluding hydrogens is 355 g/mol. The van der Waals surface area contributed by atoms with Crippen LogP contribution in [-0.4, -0.2) is 15.6 Å². The van der Waals surface area contributed by atoms with Crippen molar-refractivity contribution in [3.05, 3.63) is 79.0 Å². The van der Waals surface area contributed by atoms with Crippen LogP contribution >= 0.6 is 11.3 Å². The zero-order chi connectivity index (χ0) is 18.4. The van der Waals surface area contributed by atoms with Crippen LogP contribution in [0.4, 0.5) is 4.39 Å². The van der Waals surface area contributed by atoms with Crippen LogP contribution in [0, 0.1) is 5.82 Å². The van der Waals surface area contributed by atoms with Gasteiger partial charge < -0.3 is 5.11 Å². The van der Waals surface area contributed by atoms with E-state index in [1.165, 1.54) is 22.8 Å². The maximum absolute atomic E-state index is 13.6. The van der Waals surface area contributed by atoms with Gasteiger partial charge in [-0.05, 0) is 36.2 Å². The topological polar surface area (TPSA) is 71.7 Å². The van der Waals surface area contributed by atoms with E-state index in [0.29, 0.717) is 17.5 Å². The third-order valence-corrected chi connectivity index (χ3v) is 5.24. The molecule has 0 bridgehead atoms. The van der Waals surface area contributed by atoms with Crippen molar-refractivity contribution in [2.24, 2.45) is 4.99 Å². The predicted molar refractivity (Wildman–Crippen MR) is 95.7 cm³/mol. The lowest BCUT2D eigenvalue weighted by molar-refractivity contribution is -0.112. The van der Waals surface area contributed by atoms with E-state index in [4.69, 9.17) is 0 Å². The van der Waals surface area contributed by atoms with E-state index in [9.17, 15) is 19.1 Å². The Morgan fingerprint density at radius 3 is 2.73 bits per heavy atom. The van der Waals surface area contributed by atoms with Crippen molar-refractivity contribution in [1.29, 1.82) is 0 Å². The van der Waals surface area contributed by atoms with Gasteiger partial charge in [0, 0.05) is 5.22 Å². The first-order chi connectivity index (χ1) is 12.5. The molecule has 1 N–H and O–H groups in total. The van der Waals surface area contributed by atoms with E-state index in [1.807, 2.05) is 19.1 Å². The molecule has 1 amide bonds. The summed E-state index contributed by atoms with van der Waals surface area (Å²) in [6.45, 7) is 1.95. The van der Waals surface area contributed by atoms with Gasteiger partial charge in [0.1, 0.15) is 10.7 Å². The van der Waals surface area contributed by atoms with Gasteiger partial charge in [0.05, 0.1) is 16.6 Å². The molecule has 0 fully saturated rings. The summed E-state index contributed by atoms with van der Waals surface area (Å²) in [5, 5.41) is 11.3. The fraction of sp³-hybridized carbons (Fsp3) is 0.105. The zero-order valence-electron chi connectivity index (χ0n) is 13.7. The molecule has 5 nitrogen and oxygen atoms in total. The number of fused-ring (bicyclic) bond motifs is 1. The standard InChI is InChI=1S/C19H13FN2O3S/c1-2-10-5-3-4-6-14(10)22-18(24)16(26-19(22)25)15-12-9-11(20)7-8-13(12)21-17(15)23/h3-9,24H,2H2,1H3. The summed E-state index contributed by atoms with van der Waals surface area (Å²) in [7, 11) is 0. The number of rotatable bonds is 3. The Morgan fingerprint density at radius 2 is 1.96 bits per heavy atom. The van der Waals surface area contributed by atoms with Crippen LogP contribution < -0.4 is 15.4 Å². The number of aryl methyl sites for hydroxylation is 1. The Morgan fingerprint density at radius 1 is 1.19 bits per heavy atom. The number of thiazole rings is 1. The summed E-state index contributed by atoms with van der Waals surface area (Å²) in [5.41, 5.74) is 1.49. The minimum Gasteiger partial charge on any atom is -0.493 e. The lowest BCUT2D eigenvalue weighted by Gasteiger charge is -2.09. The van der Waals surface area contributed by atoms with E-state index in [0.717, 1.165) is 16.9 Å². The number of aromatic hydroxyl groups is 1. The van der Waals surface area contributed by atoms with E-state index >= 15 is 0 Å². The van der Waals surface area contributed by atoms with E-state index in [2.05, 4.69) is 4.99 Å². The van der Waals surface area contributed by atoms with Crippen molar-refractivity contribution in [2.75, 3.05) is 0 Å². The fourth-order valence-electron chi connectivity index (χ4n) is 3.08. The summed E-state index contributed by atoms with van der Waals surface area (Å²) in [5.74, 6) is -1.46. The second-order valence-corrected chi connectivity index (χ2v) is 6.75. The van der Waals surface area contributed by atoms with Gasteiger partial charge in [0.2, 0.25) is 5.88 Å². The number of halogens is 1. The number of nitrogens with zero attached hydrogens (tertiary/aromatic N) is 2. The first kappa shape index (κ1) is 16.4. The summed E-state index contributed by atoms with van der Waals surface area (Å²) in [6, 6.07) is 11.0. The van der Waals surface area contributed by atoms with Gasteiger partial charge in [-0.15, -0.1) is 0 Å². The third-order valence-electron chi connectivity index (χ3n) is 4.29. The number of carbonyl (C=O) groups excluding carboxylic acids is 1. The largest absolute Gasteiger partial charge is 0.493 e. The first-order valence-electron chi connectivity index (χ1n) is 7.97. The quantitative estimate of drug-likeness (QED) is 0.764. The molecule has 0 saturated carbocycles. The highest BCUT2D eigenvalue weighted by molar-refractivity contribution is 7.11. The number of carbonyl (C=O) groups is 1. The Kier molecular flexibility index (Phi) is 3.81. The zero-order valence-corrected chi connectivity index (χ0v) is 14.5. The molecule has 2 aromatic carbocycles. The molecule has 0 aliphatic carbocycles. The van der Waals surface area contributed by atoms with Gasteiger partial charge in [0.15, 0.2) is 0 Å². The molecule has 0 atom stereocenters. The highest BCUT2D eigenvalue weighted by atomic mass is 32.1. The SMILES string of the molecule is CCc1ccccc1-n1c(O)c(C2=c3cc(F)ccc3=NC2=O)sc1=O. The second kappa shape index (κ2) is 6.03. The lowest BCUT2D eigenvalue weighted by Crippen LogP contribution is -2.23. The van der Waals surface area contributed by atoms with Crippen molar-refractivity contribution in [2.45, 2.75) is 13.3 Å². The van der Waals surface area contributed by atoms with Crippen LogP contribution in [0.15, 0.2) is 52.3 Å². The highest BCUT2D eigenvalue weighted by Gasteiger charge is 2.27. The Labute approximate surface area is 151 Å². The first-order valence-corrected chi connectivity index (χ1v) is 8.79. The van der Waals surface area contributed by atoms with Gasteiger partial charge in [-0.25, -0.2) is 13.9 Å². The molecule has 4 rings (SSSR count). The molecule has 1 aliphatic heterocycles. The smallest absolute Gasteiger partial charge is 0.315 e. The summed E-state index contributed by atoms with van der Waals surface area (Å²) >= 11 is 0.743. The molecule has 26 heavy (non-hydrogen) atoms. The molecule has 0 spiro atoms. The number of amides is 1. The Balaban J connectivity index is 2.03. The average molecular weight is 368 g/mol. The van der Waals surface area contributed by atoms with Crippen molar-refractivity contribution in [3.8, 4) is 11.6 Å². The van der Waals surface area contributed by atoms with Gasteiger partial charge in [-0.1, -0.05) is 36.5 Å². The van der Waals surface area contributed by atoms with Crippen LogP contribution in [0.2, 0.25) is 0 Å². The summed E-state index contributed by atoms with van der Waals surface area (Å²) < 4.78 is 14.8. The van der Waals surface area contributed by atoms with Gasteiger partial charge in [-0.2, -0.15) is 0 Å². The maximum atomic E-state index is 13.6. The molecule has 130 valence electrons. The van der Waals surface area contributed by atoms with Crippen LogP contribution in [0.5, 0.6) is 5.88 Å². The van der Waals surface area contributed by atoms with Crippen LogP contribution in [-0.2, 0) is 11.2 Å². The molecule has 0 saturated heterocycles. The van der Waals surface area contributed by atoms with E-state index in [1.54, 1.807) is 12.1 Å². The molecule has 3 aromatic rings. The molecule has 1 aromatic heterocycles. The Hall–Kier alpha value is -3.06. The molecule has 0 unspecified atom stereocenters. The monoisotopic (exact) mass is 368 g/mol. The Bertz CT molecular complexity index is 1240. The van der Waals surface area contributed by atoms with Crippen molar-refractivity contribution >= 4 is 22.8 Å². The molecular formula is C19H13FN2O3S. The van der Waals surface area contributed by atoms with E-state index < -0.39 is 16.6 Å².